The van der Waals surface area contributed by atoms with E-state index in [2.05, 4.69) is 32.9 Å². The second-order valence-electron chi connectivity index (χ2n) is 7.22. The van der Waals surface area contributed by atoms with Gasteiger partial charge in [0.05, 0.1) is 17.1 Å². The zero-order valence-electron chi connectivity index (χ0n) is 17.0. The first-order valence-electron chi connectivity index (χ1n) is 9.69. The molecule has 2 aromatic heterocycles. The molecule has 2 atom stereocenters. The monoisotopic (exact) mass is 387 g/mol. The van der Waals surface area contributed by atoms with Gasteiger partial charge in [0.1, 0.15) is 6.10 Å². The van der Waals surface area contributed by atoms with Gasteiger partial charge in [0, 0.05) is 45.9 Å². The number of anilines is 2. The van der Waals surface area contributed by atoms with E-state index < -0.39 is 0 Å². The van der Waals surface area contributed by atoms with Gasteiger partial charge in [0.2, 0.25) is 0 Å². The third-order valence-corrected chi connectivity index (χ3v) is 4.88. The summed E-state index contributed by atoms with van der Waals surface area (Å²) in [5.74, 6) is 0.818. The molecule has 0 saturated carbocycles. The standard InChI is InChI=1S/C19H29N7O2/c1-5-26-16(8-9-21-26)17-14(7-6-10-28-17)12-20-19(27)22-15-11-13(2)23-24-18(15)25(3)4/h8-9,11,14,17H,5-7,10,12H2,1-4H3,(H2,20,22,23,27)/t14-,17+/m0/s1. The van der Waals surface area contributed by atoms with Gasteiger partial charge in [-0.1, -0.05) is 0 Å². The van der Waals surface area contributed by atoms with Crippen LogP contribution in [0.1, 0.15) is 37.3 Å². The molecule has 1 fully saturated rings. The maximum absolute atomic E-state index is 12.5. The summed E-state index contributed by atoms with van der Waals surface area (Å²) in [6.07, 6.45) is 3.73. The molecule has 9 nitrogen and oxygen atoms in total. The van der Waals surface area contributed by atoms with Crippen LogP contribution in [-0.2, 0) is 11.3 Å². The number of amides is 2. The Hall–Kier alpha value is -2.68. The van der Waals surface area contributed by atoms with E-state index in [0.717, 1.165) is 37.4 Å². The van der Waals surface area contributed by atoms with Crippen molar-refractivity contribution in [2.24, 2.45) is 5.92 Å². The van der Waals surface area contributed by atoms with Crippen LogP contribution in [0.3, 0.4) is 0 Å². The highest BCUT2D eigenvalue weighted by molar-refractivity contribution is 5.92. The summed E-state index contributed by atoms with van der Waals surface area (Å²) >= 11 is 0. The van der Waals surface area contributed by atoms with Crippen LogP contribution in [0.2, 0.25) is 0 Å². The average Bonchev–Trinajstić information content (AvgIpc) is 3.15. The van der Waals surface area contributed by atoms with Crippen LogP contribution >= 0.6 is 0 Å². The lowest BCUT2D eigenvalue weighted by Gasteiger charge is -2.32. The minimum Gasteiger partial charge on any atom is -0.372 e. The summed E-state index contributed by atoms with van der Waals surface area (Å²) in [6.45, 7) is 5.96. The number of aromatic nitrogens is 4. The number of hydrogen-bond donors (Lipinski definition) is 2. The molecule has 28 heavy (non-hydrogen) atoms. The predicted molar refractivity (Wildman–Crippen MR) is 107 cm³/mol. The Morgan fingerprint density at radius 3 is 2.96 bits per heavy atom. The highest BCUT2D eigenvalue weighted by Crippen LogP contribution is 2.33. The van der Waals surface area contributed by atoms with Gasteiger partial charge in [0.15, 0.2) is 5.82 Å². The Balaban J connectivity index is 1.64. The van der Waals surface area contributed by atoms with Crippen molar-refractivity contribution >= 4 is 17.5 Å². The predicted octanol–water partition coefficient (Wildman–Crippen LogP) is 2.36. The molecule has 0 radical (unpaired) electrons. The van der Waals surface area contributed by atoms with E-state index in [1.165, 1.54) is 0 Å². The molecule has 1 aliphatic rings. The number of carbonyl (C=O) groups is 1. The normalized spacial score (nSPS) is 19.3. The van der Waals surface area contributed by atoms with E-state index in [1.807, 2.05) is 42.7 Å². The first kappa shape index (κ1) is 20.1. The maximum atomic E-state index is 12.5. The van der Waals surface area contributed by atoms with Crippen LogP contribution in [0.25, 0.3) is 0 Å². The van der Waals surface area contributed by atoms with Gasteiger partial charge in [-0.25, -0.2) is 4.79 Å². The molecule has 1 saturated heterocycles. The van der Waals surface area contributed by atoms with E-state index >= 15 is 0 Å². The third-order valence-electron chi connectivity index (χ3n) is 4.88. The second-order valence-corrected chi connectivity index (χ2v) is 7.22. The number of hydrogen-bond acceptors (Lipinski definition) is 6. The molecule has 0 aromatic carbocycles. The highest BCUT2D eigenvalue weighted by atomic mass is 16.5. The number of ether oxygens (including phenoxy) is 1. The molecule has 3 heterocycles. The largest absolute Gasteiger partial charge is 0.372 e. The SMILES string of the molecule is CCn1nccc1[C@@H]1OCCC[C@H]1CNC(=O)Nc1cc(C)nnc1N(C)C. The summed E-state index contributed by atoms with van der Waals surface area (Å²) in [7, 11) is 3.73. The lowest BCUT2D eigenvalue weighted by atomic mass is 9.92. The topological polar surface area (TPSA) is 97.2 Å². The molecular formula is C19H29N7O2. The summed E-state index contributed by atoms with van der Waals surface area (Å²) in [5, 5.41) is 18.4. The maximum Gasteiger partial charge on any atom is 0.319 e. The van der Waals surface area contributed by atoms with Gasteiger partial charge in [0.25, 0.3) is 0 Å². The zero-order valence-corrected chi connectivity index (χ0v) is 17.0. The Kier molecular flexibility index (Phi) is 6.45. The Morgan fingerprint density at radius 1 is 1.39 bits per heavy atom. The Bertz CT molecular complexity index is 805. The molecule has 2 aromatic rings. The van der Waals surface area contributed by atoms with E-state index in [1.54, 1.807) is 6.20 Å². The van der Waals surface area contributed by atoms with Crippen molar-refractivity contribution in [3.63, 3.8) is 0 Å². The van der Waals surface area contributed by atoms with Crippen LogP contribution in [0.15, 0.2) is 18.3 Å². The van der Waals surface area contributed by atoms with Crippen LogP contribution in [0, 0.1) is 12.8 Å². The van der Waals surface area contributed by atoms with Crippen molar-refractivity contribution < 1.29 is 9.53 Å². The van der Waals surface area contributed by atoms with E-state index in [-0.39, 0.29) is 18.1 Å². The molecule has 0 aliphatic carbocycles. The molecule has 3 rings (SSSR count). The summed E-state index contributed by atoms with van der Waals surface area (Å²) in [4.78, 5) is 14.3. The van der Waals surface area contributed by atoms with Gasteiger partial charge in [-0.15, -0.1) is 5.10 Å². The molecular weight excluding hydrogens is 358 g/mol. The van der Waals surface area contributed by atoms with Gasteiger partial charge >= 0.3 is 6.03 Å². The van der Waals surface area contributed by atoms with Crippen LogP contribution in [0.5, 0.6) is 0 Å². The van der Waals surface area contributed by atoms with Crippen LogP contribution in [-0.4, -0.2) is 53.3 Å². The molecule has 0 bridgehead atoms. The van der Waals surface area contributed by atoms with Gasteiger partial charge in [-0.2, -0.15) is 10.2 Å². The molecule has 2 N–H and O–H groups in total. The number of aryl methyl sites for hydroxylation is 2. The number of nitrogens with zero attached hydrogens (tertiary/aromatic N) is 5. The van der Waals surface area contributed by atoms with Crippen molar-refractivity contribution in [3.05, 3.63) is 29.7 Å². The Morgan fingerprint density at radius 2 is 2.21 bits per heavy atom. The van der Waals surface area contributed by atoms with Crippen LogP contribution in [0.4, 0.5) is 16.3 Å². The summed E-state index contributed by atoms with van der Waals surface area (Å²) < 4.78 is 7.99. The first-order chi connectivity index (χ1) is 13.5. The highest BCUT2D eigenvalue weighted by Gasteiger charge is 2.30. The fourth-order valence-corrected chi connectivity index (χ4v) is 3.52. The van der Waals surface area contributed by atoms with Crippen molar-refractivity contribution in [1.82, 2.24) is 25.3 Å². The van der Waals surface area contributed by atoms with Crippen molar-refractivity contribution in [3.8, 4) is 0 Å². The Labute approximate surface area is 165 Å². The smallest absolute Gasteiger partial charge is 0.319 e. The average molecular weight is 387 g/mol. The van der Waals surface area contributed by atoms with Crippen molar-refractivity contribution in [2.75, 3.05) is 37.5 Å². The summed E-state index contributed by atoms with van der Waals surface area (Å²) in [5.41, 5.74) is 2.45. The fourth-order valence-electron chi connectivity index (χ4n) is 3.52. The first-order valence-corrected chi connectivity index (χ1v) is 9.69. The molecule has 2 amide bonds. The van der Waals surface area contributed by atoms with Gasteiger partial charge in [-0.05, 0) is 38.8 Å². The van der Waals surface area contributed by atoms with E-state index in [4.69, 9.17) is 4.74 Å². The van der Waals surface area contributed by atoms with Gasteiger partial charge < -0.3 is 20.3 Å². The number of rotatable bonds is 6. The zero-order chi connectivity index (χ0) is 20.1. The molecule has 152 valence electrons. The molecule has 1 aliphatic heterocycles. The molecule has 0 spiro atoms. The quantitative estimate of drug-likeness (QED) is 0.790. The minimum atomic E-state index is -0.260. The minimum absolute atomic E-state index is 0.0568. The number of nitrogens with one attached hydrogen (secondary N) is 2. The number of carbonyl (C=O) groups excluding carboxylic acids is 1. The van der Waals surface area contributed by atoms with Crippen molar-refractivity contribution in [1.29, 1.82) is 0 Å². The second kappa shape index (κ2) is 9.01. The number of urea groups is 1. The van der Waals surface area contributed by atoms with Gasteiger partial charge in [-0.3, -0.25) is 4.68 Å². The fraction of sp³-hybridized carbons (Fsp3) is 0.579. The lowest BCUT2D eigenvalue weighted by molar-refractivity contribution is -0.0317. The third kappa shape index (κ3) is 4.59. The summed E-state index contributed by atoms with van der Waals surface area (Å²) in [6, 6.07) is 3.55. The van der Waals surface area contributed by atoms with Crippen LogP contribution < -0.4 is 15.5 Å². The van der Waals surface area contributed by atoms with Crippen molar-refractivity contribution in [2.45, 2.75) is 39.3 Å². The van der Waals surface area contributed by atoms with E-state index in [9.17, 15) is 4.79 Å². The molecule has 0 unspecified atom stereocenters. The lowest BCUT2D eigenvalue weighted by Crippen LogP contribution is -2.38. The van der Waals surface area contributed by atoms with E-state index in [0.29, 0.717) is 18.1 Å². The molecule has 9 heteroatoms.